The molecular weight excluding hydrogens is 256 g/mol. The molecule has 7 heteroatoms. The van der Waals surface area contributed by atoms with Gasteiger partial charge in [-0.2, -0.15) is 0 Å². The van der Waals surface area contributed by atoms with Crippen LogP contribution in [0.4, 0.5) is 5.82 Å². The summed E-state index contributed by atoms with van der Waals surface area (Å²) < 4.78 is 0. The molecule has 1 aromatic rings. The van der Waals surface area contributed by atoms with E-state index in [1.54, 1.807) is 12.3 Å². The Balaban J connectivity index is 0.00000162. The zero-order valence-corrected chi connectivity index (χ0v) is 10.9. The number of aromatic nitrogens is 1. The monoisotopic (exact) mass is 272 g/mol. The van der Waals surface area contributed by atoms with Gasteiger partial charge in [0.2, 0.25) is 0 Å². The van der Waals surface area contributed by atoms with Gasteiger partial charge >= 0.3 is 5.82 Å². The first-order valence-corrected chi connectivity index (χ1v) is 5.78. The number of hydrogen-bond acceptors (Lipinski definition) is 5. The Kier molecular flexibility index (Phi) is 5.97. The van der Waals surface area contributed by atoms with E-state index in [9.17, 15) is 10.1 Å². The summed E-state index contributed by atoms with van der Waals surface area (Å²) in [5.41, 5.74) is 1.05. The Morgan fingerprint density at radius 3 is 2.67 bits per heavy atom. The van der Waals surface area contributed by atoms with Crippen molar-refractivity contribution in [2.45, 2.75) is 6.42 Å². The van der Waals surface area contributed by atoms with Crippen molar-refractivity contribution in [3.63, 3.8) is 0 Å². The molecule has 0 atom stereocenters. The summed E-state index contributed by atoms with van der Waals surface area (Å²) in [4.78, 5) is 16.2. The van der Waals surface area contributed by atoms with E-state index in [-0.39, 0.29) is 18.2 Å². The quantitative estimate of drug-likeness (QED) is 0.650. The third kappa shape index (κ3) is 4.21. The minimum absolute atomic E-state index is 0. The highest BCUT2D eigenvalue weighted by Crippen LogP contribution is 2.08. The van der Waals surface area contributed by atoms with Gasteiger partial charge in [-0.25, -0.2) is 0 Å². The Morgan fingerprint density at radius 1 is 1.39 bits per heavy atom. The van der Waals surface area contributed by atoms with E-state index in [1.807, 2.05) is 0 Å². The van der Waals surface area contributed by atoms with Crippen LogP contribution in [0.3, 0.4) is 0 Å². The smallest absolute Gasteiger partial charge is 0.358 e. The van der Waals surface area contributed by atoms with E-state index in [0.717, 1.165) is 44.7 Å². The fourth-order valence-corrected chi connectivity index (χ4v) is 1.89. The lowest BCUT2D eigenvalue weighted by Crippen LogP contribution is -2.44. The highest BCUT2D eigenvalue weighted by Gasteiger charge is 2.10. The molecule has 6 nitrogen and oxygen atoms in total. The molecule has 0 aromatic carbocycles. The Labute approximate surface area is 112 Å². The maximum absolute atomic E-state index is 10.4. The van der Waals surface area contributed by atoms with Gasteiger partial charge in [0.1, 0.15) is 6.20 Å². The molecule has 1 aliphatic rings. The van der Waals surface area contributed by atoms with Crippen LogP contribution in [0.1, 0.15) is 5.56 Å². The van der Waals surface area contributed by atoms with Crippen LogP contribution >= 0.6 is 12.4 Å². The van der Waals surface area contributed by atoms with Crippen molar-refractivity contribution in [2.75, 3.05) is 32.7 Å². The lowest BCUT2D eigenvalue weighted by atomic mass is 10.2. The van der Waals surface area contributed by atoms with E-state index in [1.165, 1.54) is 6.07 Å². The van der Waals surface area contributed by atoms with Gasteiger partial charge in [-0.15, -0.1) is 12.4 Å². The standard InChI is InChI=1S/C11H16N4O2.ClH/c16-15(17)11-2-1-10(9-13-11)3-6-14-7-4-12-5-8-14;/h1-2,9,12H,3-8H2;1H. The predicted molar refractivity (Wildman–Crippen MR) is 71.2 cm³/mol. The number of rotatable bonds is 4. The minimum atomic E-state index is -0.472. The predicted octanol–water partition coefficient (Wildman–Crippen LogP) is 0.859. The van der Waals surface area contributed by atoms with Crippen molar-refractivity contribution < 1.29 is 4.92 Å². The van der Waals surface area contributed by atoms with Crippen LogP contribution in [0.5, 0.6) is 0 Å². The SMILES string of the molecule is Cl.O=[N+]([O-])c1ccc(CCN2CCNCC2)cn1. The molecule has 1 aromatic heterocycles. The van der Waals surface area contributed by atoms with Crippen molar-refractivity contribution in [1.29, 1.82) is 0 Å². The highest BCUT2D eigenvalue weighted by atomic mass is 35.5. The van der Waals surface area contributed by atoms with Gasteiger partial charge in [-0.05, 0) is 28.0 Å². The zero-order chi connectivity index (χ0) is 12.1. The van der Waals surface area contributed by atoms with Crippen molar-refractivity contribution >= 4 is 18.2 Å². The molecule has 1 fully saturated rings. The molecule has 18 heavy (non-hydrogen) atoms. The Morgan fingerprint density at radius 2 is 2.11 bits per heavy atom. The molecule has 0 aliphatic carbocycles. The second-order valence-electron chi connectivity index (χ2n) is 4.12. The first-order chi connectivity index (χ1) is 8.25. The average molecular weight is 273 g/mol. The van der Waals surface area contributed by atoms with E-state index < -0.39 is 4.92 Å². The van der Waals surface area contributed by atoms with Crippen LogP contribution in [-0.4, -0.2) is 47.5 Å². The van der Waals surface area contributed by atoms with Gasteiger partial charge in [0.25, 0.3) is 0 Å². The summed E-state index contributed by atoms with van der Waals surface area (Å²) in [5, 5.41) is 13.7. The number of hydrogen-bond donors (Lipinski definition) is 1. The summed E-state index contributed by atoms with van der Waals surface area (Å²) >= 11 is 0. The maximum atomic E-state index is 10.4. The third-order valence-corrected chi connectivity index (χ3v) is 2.92. The lowest BCUT2D eigenvalue weighted by molar-refractivity contribution is -0.389. The normalized spacial score (nSPS) is 16.0. The number of halogens is 1. The molecule has 1 aliphatic heterocycles. The number of pyridine rings is 1. The number of piperazine rings is 1. The molecule has 0 spiro atoms. The van der Waals surface area contributed by atoms with Crippen molar-refractivity contribution in [3.05, 3.63) is 34.0 Å². The first-order valence-electron chi connectivity index (χ1n) is 5.78. The van der Waals surface area contributed by atoms with Crippen molar-refractivity contribution in [1.82, 2.24) is 15.2 Å². The fourth-order valence-electron chi connectivity index (χ4n) is 1.89. The van der Waals surface area contributed by atoms with Gasteiger partial charge in [-0.3, -0.25) is 0 Å². The summed E-state index contributed by atoms with van der Waals surface area (Å²) in [6.07, 6.45) is 2.49. The highest BCUT2D eigenvalue weighted by molar-refractivity contribution is 5.85. The molecule has 1 saturated heterocycles. The molecule has 100 valence electrons. The van der Waals surface area contributed by atoms with Gasteiger partial charge in [0.05, 0.1) is 0 Å². The van der Waals surface area contributed by atoms with Crippen LogP contribution in [0.15, 0.2) is 18.3 Å². The van der Waals surface area contributed by atoms with Crippen LogP contribution in [0.25, 0.3) is 0 Å². The number of nitrogens with one attached hydrogen (secondary N) is 1. The molecule has 0 unspecified atom stereocenters. The molecule has 2 heterocycles. The molecule has 2 rings (SSSR count). The zero-order valence-electron chi connectivity index (χ0n) is 10.0. The molecular formula is C11H17ClN4O2. The summed E-state index contributed by atoms with van der Waals surface area (Å²) in [6, 6.07) is 3.25. The second kappa shape index (κ2) is 7.25. The van der Waals surface area contributed by atoms with E-state index >= 15 is 0 Å². The van der Waals surface area contributed by atoms with Gasteiger partial charge in [0.15, 0.2) is 0 Å². The third-order valence-electron chi connectivity index (χ3n) is 2.92. The maximum Gasteiger partial charge on any atom is 0.363 e. The molecule has 1 N–H and O–H groups in total. The van der Waals surface area contributed by atoms with Gasteiger partial charge in [0, 0.05) is 38.8 Å². The summed E-state index contributed by atoms with van der Waals surface area (Å²) in [6.45, 7) is 5.21. The Bertz CT molecular complexity index is 379. The number of nitrogens with zero attached hydrogens (tertiary/aromatic N) is 3. The van der Waals surface area contributed by atoms with Crippen LogP contribution in [-0.2, 0) is 6.42 Å². The van der Waals surface area contributed by atoms with E-state index in [2.05, 4.69) is 15.2 Å². The van der Waals surface area contributed by atoms with Crippen molar-refractivity contribution in [3.8, 4) is 0 Å². The average Bonchev–Trinajstić information content (AvgIpc) is 2.38. The van der Waals surface area contributed by atoms with Gasteiger partial charge in [-0.1, -0.05) is 0 Å². The minimum Gasteiger partial charge on any atom is -0.358 e. The van der Waals surface area contributed by atoms with E-state index in [4.69, 9.17) is 0 Å². The Hall–Kier alpha value is -1.24. The second-order valence-corrected chi connectivity index (χ2v) is 4.12. The fraction of sp³-hybridized carbons (Fsp3) is 0.545. The summed E-state index contributed by atoms with van der Waals surface area (Å²) in [5.74, 6) is -0.0871. The van der Waals surface area contributed by atoms with E-state index in [0.29, 0.717) is 0 Å². The number of nitro groups is 1. The molecule has 0 radical (unpaired) electrons. The molecule has 0 saturated carbocycles. The molecule has 0 bridgehead atoms. The largest absolute Gasteiger partial charge is 0.363 e. The van der Waals surface area contributed by atoms with Crippen LogP contribution < -0.4 is 5.32 Å². The first kappa shape index (κ1) is 14.8. The van der Waals surface area contributed by atoms with Crippen LogP contribution in [0.2, 0.25) is 0 Å². The topological polar surface area (TPSA) is 71.3 Å². The lowest BCUT2D eigenvalue weighted by Gasteiger charge is -2.26. The van der Waals surface area contributed by atoms with Crippen LogP contribution in [0, 0.1) is 10.1 Å². The molecule has 0 amide bonds. The van der Waals surface area contributed by atoms with Crippen molar-refractivity contribution in [2.24, 2.45) is 0 Å². The van der Waals surface area contributed by atoms with Gasteiger partial charge < -0.3 is 20.3 Å². The summed E-state index contributed by atoms with van der Waals surface area (Å²) in [7, 11) is 0.